The smallest absolute Gasteiger partial charge is 0.233 e. The van der Waals surface area contributed by atoms with Crippen LogP contribution < -0.4 is 10.2 Å². The summed E-state index contributed by atoms with van der Waals surface area (Å²) in [5, 5.41) is 11.8. The summed E-state index contributed by atoms with van der Waals surface area (Å²) in [7, 11) is 0. The van der Waals surface area contributed by atoms with Crippen molar-refractivity contribution in [2.24, 2.45) is 0 Å². The largest absolute Gasteiger partial charge is 0.352 e. The van der Waals surface area contributed by atoms with Crippen LogP contribution in [0.1, 0.15) is 24.1 Å². The topological polar surface area (TPSA) is 74.2 Å². The van der Waals surface area contributed by atoms with Crippen molar-refractivity contribution in [3.63, 3.8) is 0 Å². The average Bonchev–Trinajstić information content (AvgIpc) is 3.62. The van der Waals surface area contributed by atoms with Crippen LogP contribution in [-0.4, -0.2) is 52.2 Å². The number of carbonyl (C=O) groups is 1. The van der Waals surface area contributed by atoms with Gasteiger partial charge in [0.1, 0.15) is 11.6 Å². The van der Waals surface area contributed by atoms with E-state index in [1.54, 1.807) is 12.1 Å². The number of hydrogen-bond acceptors (Lipinski definition) is 6. The maximum Gasteiger partial charge on any atom is 0.233 e. The van der Waals surface area contributed by atoms with Gasteiger partial charge in [-0.1, -0.05) is 18.2 Å². The molecule has 1 N–H and O–H groups in total. The van der Waals surface area contributed by atoms with Gasteiger partial charge in [-0.25, -0.2) is 9.37 Å². The molecule has 7 nitrogen and oxygen atoms in total. The first-order valence-electron chi connectivity index (χ1n) is 10.9. The molecule has 5 rings (SSSR count). The summed E-state index contributed by atoms with van der Waals surface area (Å²) in [5.41, 5.74) is 1.38. The molecule has 1 saturated carbocycles. The second-order valence-corrected chi connectivity index (χ2v) is 8.43. The van der Waals surface area contributed by atoms with E-state index in [0.29, 0.717) is 32.0 Å². The quantitative estimate of drug-likeness (QED) is 0.666. The monoisotopic (exact) mass is 432 g/mol. The summed E-state index contributed by atoms with van der Waals surface area (Å²) in [6.07, 6.45) is 1.65. The minimum atomic E-state index is -0.465. The summed E-state index contributed by atoms with van der Waals surface area (Å²) in [5.74, 6) is 2.03. The minimum absolute atomic E-state index is 0.153. The molecule has 3 aromatic rings. The molecule has 1 aliphatic heterocycles. The number of aromatic nitrogens is 3. The van der Waals surface area contributed by atoms with Gasteiger partial charge in [0.2, 0.25) is 5.91 Å². The van der Waals surface area contributed by atoms with Crippen LogP contribution in [0.25, 0.3) is 0 Å². The molecule has 2 aliphatic rings. The maximum atomic E-state index is 13.3. The number of piperazine rings is 1. The van der Waals surface area contributed by atoms with Crippen molar-refractivity contribution >= 4 is 23.4 Å². The normalized spacial score (nSPS) is 17.2. The molecule has 0 atom stereocenters. The standard InChI is InChI=1S/C24H25FN6O/c1-17-3-2-4-20(26-17)27-21-9-10-22(29-28-21)30-13-15-31(16-14-30)23(32)24(11-12-24)18-5-7-19(25)8-6-18/h2-10H,11-16H2,1H3,(H,26,27,28). The molecular formula is C24H25FN6O. The lowest BCUT2D eigenvalue weighted by molar-refractivity contribution is -0.134. The Labute approximate surface area is 186 Å². The molecule has 2 fully saturated rings. The fourth-order valence-electron chi connectivity index (χ4n) is 4.27. The Kier molecular flexibility index (Phi) is 5.20. The molecule has 1 aromatic carbocycles. The number of carbonyl (C=O) groups excluding carboxylic acids is 1. The van der Waals surface area contributed by atoms with Gasteiger partial charge >= 0.3 is 0 Å². The fraction of sp³-hybridized carbons (Fsp3) is 0.333. The summed E-state index contributed by atoms with van der Waals surface area (Å²) < 4.78 is 13.3. The van der Waals surface area contributed by atoms with Crippen molar-refractivity contribution in [2.75, 3.05) is 36.4 Å². The van der Waals surface area contributed by atoms with Gasteiger partial charge in [0, 0.05) is 31.9 Å². The van der Waals surface area contributed by atoms with E-state index in [-0.39, 0.29) is 11.7 Å². The van der Waals surface area contributed by atoms with E-state index in [4.69, 9.17) is 0 Å². The van der Waals surface area contributed by atoms with Crippen LogP contribution in [0.15, 0.2) is 54.6 Å². The summed E-state index contributed by atoms with van der Waals surface area (Å²) in [6, 6.07) is 15.9. The lowest BCUT2D eigenvalue weighted by Gasteiger charge is -2.37. The SMILES string of the molecule is Cc1cccc(Nc2ccc(N3CCN(C(=O)C4(c5ccc(F)cc5)CC4)CC3)nn2)n1. The van der Waals surface area contributed by atoms with Gasteiger partial charge in [-0.15, -0.1) is 10.2 Å². The third-order valence-corrected chi connectivity index (χ3v) is 6.24. The van der Waals surface area contributed by atoms with Gasteiger partial charge in [-0.2, -0.15) is 0 Å². The van der Waals surface area contributed by atoms with Gasteiger partial charge in [0.15, 0.2) is 11.6 Å². The van der Waals surface area contributed by atoms with Crippen molar-refractivity contribution in [2.45, 2.75) is 25.2 Å². The van der Waals surface area contributed by atoms with Crippen LogP contribution in [-0.2, 0) is 10.2 Å². The van der Waals surface area contributed by atoms with E-state index in [0.717, 1.165) is 35.7 Å². The van der Waals surface area contributed by atoms with Gasteiger partial charge in [-0.3, -0.25) is 4.79 Å². The summed E-state index contributed by atoms with van der Waals surface area (Å²) in [6.45, 7) is 4.61. The number of nitrogens with one attached hydrogen (secondary N) is 1. The zero-order chi connectivity index (χ0) is 22.1. The zero-order valence-corrected chi connectivity index (χ0v) is 18.0. The van der Waals surface area contributed by atoms with Crippen molar-refractivity contribution < 1.29 is 9.18 Å². The molecule has 164 valence electrons. The number of halogens is 1. The number of hydrogen-bond donors (Lipinski definition) is 1. The molecule has 1 amide bonds. The first-order chi connectivity index (χ1) is 15.5. The highest BCUT2D eigenvalue weighted by Crippen LogP contribution is 2.49. The van der Waals surface area contributed by atoms with Crippen molar-refractivity contribution in [1.82, 2.24) is 20.1 Å². The molecule has 0 bridgehead atoms. The Morgan fingerprint density at radius 2 is 1.69 bits per heavy atom. The summed E-state index contributed by atoms with van der Waals surface area (Å²) >= 11 is 0. The van der Waals surface area contributed by atoms with Crippen LogP contribution in [0.2, 0.25) is 0 Å². The molecule has 3 heterocycles. The molecule has 2 aromatic heterocycles. The highest BCUT2D eigenvalue weighted by atomic mass is 19.1. The van der Waals surface area contributed by atoms with Crippen LogP contribution in [0.3, 0.4) is 0 Å². The van der Waals surface area contributed by atoms with E-state index < -0.39 is 5.41 Å². The van der Waals surface area contributed by atoms with Crippen LogP contribution in [0.4, 0.5) is 21.8 Å². The predicted molar refractivity (Wildman–Crippen MR) is 120 cm³/mol. The van der Waals surface area contributed by atoms with E-state index >= 15 is 0 Å². The Balaban J connectivity index is 1.19. The second-order valence-electron chi connectivity index (χ2n) is 8.43. The van der Waals surface area contributed by atoms with Crippen LogP contribution in [0.5, 0.6) is 0 Å². The fourth-order valence-corrected chi connectivity index (χ4v) is 4.27. The van der Waals surface area contributed by atoms with Gasteiger partial charge in [-0.05, 0) is 61.7 Å². The predicted octanol–water partition coefficient (Wildman–Crippen LogP) is 3.44. The number of anilines is 3. The lowest BCUT2D eigenvalue weighted by Crippen LogP contribution is -2.51. The first kappa shape index (κ1) is 20.4. The Hall–Kier alpha value is -3.55. The molecule has 8 heteroatoms. The average molecular weight is 433 g/mol. The van der Waals surface area contributed by atoms with Crippen LogP contribution in [0, 0.1) is 12.7 Å². The third-order valence-electron chi connectivity index (χ3n) is 6.24. The molecule has 0 unspecified atom stereocenters. The third kappa shape index (κ3) is 4.00. The zero-order valence-electron chi connectivity index (χ0n) is 18.0. The second kappa shape index (κ2) is 8.18. The molecule has 0 spiro atoms. The number of aryl methyl sites for hydroxylation is 1. The Bertz CT molecular complexity index is 1110. The number of rotatable bonds is 5. The van der Waals surface area contributed by atoms with E-state index in [1.807, 2.05) is 42.2 Å². The number of pyridine rings is 1. The van der Waals surface area contributed by atoms with Crippen molar-refractivity contribution in [1.29, 1.82) is 0 Å². The number of nitrogens with zero attached hydrogens (tertiary/aromatic N) is 5. The van der Waals surface area contributed by atoms with Gasteiger partial charge < -0.3 is 15.1 Å². The van der Waals surface area contributed by atoms with Crippen LogP contribution >= 0.6 is 0 Å². The van der Waals surface area contributed by atoms with Gasteiger partial charge in [0.05, 0.1) is 5.41 Å². The summed E-state index contributed by atoms with van der Waals surface area (Å²) in [4.78, 5) is 21.7. The van der Waals surface area contributed by atoms with Gasteiger partial charge in [0.25, 0.3) is 0 Å². The van der Waals surface area contributed by atoms with E-state index in [9.17, 15) is 9.18 Å². The Morgan fingerprint density at radius 1 is 0.938 bits per heavy atom. The van der Waals surface area contributed by atoms with Crippen molar-refractivity contribution in [3.8, 4) is 0 Å². The Morgan fingerprint density at radius 3 is 2.31 bits per heavy atom. The molecular weight excluding hydrogens is 407 g/mol. The first-order valence-corrected chi connectivity index (χ1v) is 10.9. The lowest BCUT2D eigenvalue weighted by atomic mass is 9.94. The highest BCUT2D eigenvalue weighted by Gasteiger charge is 2.53. The highest BCUT2D eigenvalue weighted by molar-refractivity contribution is 5.91. The molecule has 1 saturated heterocycles. The van der Waals surface area contributed by atoms with E-state index in [2.05, 4.69) is 25.4 Å². The molecule has 1 aliphatic carbocycles. The number of benzene rings is 1. The molecule has 0 radical (unpaired) electrons. The minimum Gasteiger partial charge on any atom is -0.352 e. The number of amides is 1. The van der Waals surface area contributed by atoms with Crippen molar-refractivity contribution in [3.05, 3.63) is 71.7 Å². The maximum absolute atomic E-state index is 13.3. The van der Waals surface area contributed by atoms with E-state index in [1.165, 1.54) is 12.1 Å². The molecule has 32 heavy (non-hydrogen) atoms.